The minimum Gasteiger partial charge on any atom is -0.451 e. The van der Waals surface area contributed by atoms with Crippen LogP contribution in [0.4, 0.5) is 20.2 Å². The van der Waals surface area contributed by atoms with E-state index < -0.39 is 19.7 Å². The number of nitrogens with zero attached hydrogens (tertiary/aromatic N) is 3. The van der Waals surface area contributed by atoms with Crippen LogP contribution in [0, 0.1) is 11.6 Å². The first kappa shape index (κ1) is 27.8. The molecule has 0 bridgehead atoms. The molecular formula is C26H30BrF2N5O3Si. The second-order valence-corrected chi connectivity index (χ2v) is 16.6. The minimum atomic E-state index is -1.27. The first-order valence-corrected chi connectivity index (χ1v) is 16.5. The Morgan fingerprint density at radius 3 is 2.58 bits per heavy atom. The number of nitrogen functional groups attached to an aromatic ring is 1. The van der Waals surface area contributed by atoms with Crippen molar-refractivity contribution < 1.29 is 18.3 Å². The van der Waals surface area contributed by atoms with Gasteiger partial charge in [0, 0.05) is 62.0 Å². The molecule has 0 aliphatic rings. The third-order valence-electron chi connectivity index (χ3n) is 6.10. The van der Waals surface area contributed by atoms with Gasteiger partial charge in [0.15, 0.2) is 17.3 Å². The lowest BCUT2D eigenvalue weighted by Crippen LogP contribution is -2.23. The van der Waals surface area contributed by atoms with Gasteiger partial charge in [-0.1, -0.05) is 19.6 Å². The summed E-state index contributed by atoms with van der Waals surface area (Å²) in [6, 6.07) is 5.78. The van der Waals surface area contributed by atoms with Crippen LogP contribution in [0.1, 0.15) is 0 Å². The van der Waals surface area contributed by atoms with Crippen LogP contribution in [-0.4, -0.2) is 36.1 Å². The number of hydrogen-bond donors (Lipinski definition) is 2. The molecule has 2 heterocycles. The molecule has 0 saturated heterocycles. The van der Waals surface area contributed by atoms with Crippen molar-refractivity contribution in [3.63, 3.8) is 0 Å². The van der Waals surface area contributed by atoms with Gasteiger partial charge in [-0.25, -0.2) is 13.5 Å². The molecule has 0 radical (unpaired) electrons. The fourth-order valence-electron chi connectivity index (χ4n) is 4.02. The van der Waals surface area contributed by atoms with Crippen molar-refractivity contribution in [2.75, 3.05) is 24.7 Å². The van der Waals surface area contributed by atoms with Crippen LogP contribution < -0.4 is 21.3 Å². The Morgan fingerprint density at radius 1 is 1.18 bits per heavy atom. The van der Waals surface area contributed by atoms with Crippen LogP contribution in [0.3, 0.4) is 0 Å². The zero-order chi connectivity index (χ0) is 27.8. The predicted molar refractivity (Wildman–Crippen MR) is 153 cm³/mol. The zero-order valence-electron chi connectivity index (χ0n) is 21.9. The average molecular weight is 607 g/mol. The maximum atomic E-state index is 14.6. The monoisotopic (exact) mass is 605 g/mol. The fraction of sp³-hybridized carbons (Fsp3) is 0.308. The van der Waals surface area contributed by atoms with E-state index in [2.05, 4.69) is 46.0 Å². The second kappa shape index (κ2) is 10.9. The summed E-state index contributed by atoms with van der Waals surface area (Å²) in [5.74, 6) is -1.66. The summed E-state index contributed by atoms with van der Waals surface area (Å²) in [5, 5.41) is 7.98. The number of nitrogens with one attached hydrogen (secondary N) is 1. The molecule has 0 aliphatic heterocycles. The van der Waals surface area contributed by atoms with Crippen LogP contribution in [0.25, 0.3) is 22.0 Å². The number of pyridine rings is 1. The normalized spacial score (nSPS) is 11.8. The summed E-state index contributed by atoms with van der Waals surface area (Å²) >= 11 is 3.53. The smallest absolute Gasteiger partial charge is 0.276 e. The van der Waals surface area contributed by atoms with E-state index >= 15 is 0 Å². The SMILES string of the molecule is CNc1c(Br)cc(-c2cn(C)c(=O)c3c2cnn3COCC[Si](C)(C)C)c(Oc2ccc(F)cc2F)c1N. The third kappa shape index (κ3) is 5.61. The number of fused-ring (bicyclic) bond motifs is 1. The van der Waals surface area contributed by atoms with Crippen molar-refractivity contribution >= 4 is 46.3 Å². The summed E-state index contributed by atoms with van der Waals surface area (Å²) in [6.07, 6.45) is 3.24. The lowest BCUT2D eigenvalue weighted by Gasteiger charge is -2.19. The molecule has 0 fully saturated rings. The number of aromatic nitrogens is 3. The lowest BCUT2D eigenvalue weighted by atomic mass is 10.0. The molecule has 38 heavy (non-hydrogen) atoms. The van der Waals surface area contributed by atoms with Crippen molar-refractivity contribution in [3.8, 4) is 22.6 Å². The fourth-order valence-corrected chi connectivity index (χ4v) is 5.42. The van der Waals surface area contributed by atoms with Gasteiger partial charge in [-0.2, -0.15) is 5.10 Å². The molecular weight excluding hydrogens is 576 g/mol. The maximum absolute atomic E-state index is 14.6. The van der Waals surface area contributed by atoms with E-state index in [1.54, 1.807) is 32.6 Å². The third-order valence-corrected chi connectivity index (χ3v) is 8.43. The zero-order valence-corrected chi connectivity index (χ0v) is 24.4. The predicted octanol–water partition coefficient (Wildman–Crippen LogP) is 6.17. The molecule has 3 N–H and O–H groups in total. The Morgan fingerprint density at radius 2 is 1.92 bits per heavy atom. The lowest BCUT2D eigenvalue weighted by molar-refractivity contribution is 0.0815. The van der Waals surface area contributed by atoms with E-state index in [1.807, 2.05) is 0 Å². The van der Waals surface area contributed by atoms with E-state index in [4.69, 9.17) is 15.2 Å². The highest BCUT2D eigenvalue weighted by atomic mass is 79.9. The summed E-state index contributed by atoms with van der Waals surface area (Å²) < 4.78 is 43.5. The van der Waals surface area contributed by atoms with Gasteiger partial charge in [0.1, 0.15) is 23.8 Å². The number of anilines is 2. The van der Waals surface area contributed by atoms with Crippen LogP contribution in [0.5, 0.6) is 11.5 Å². The van der Waals surface area contributed by atoms with Crippen LogP contribution in [0.15, 0.2) is 45.9 Å². The van der Waals surface area contributed by atoms with Crippen molar-refractivity contribution in [1.29, 1.82) is 0 Å². The Kier molecular flexibility index (Phi) is 7.95. The highest BCUT2D eigenvalue weighted by Gasteiger charge is 2.23. The summed E-state index contributed by atoms with van der Waals surface area (Å²) in [5.41, 5.74) is 8.37. The molecule has 12 heteroatoms. The molecule has 0 spiro atoms. The Labute approximate surface area is 228 Å². The van der Waals surface area contributed by atoms with Crippen molar-refractivity contribution in [3.05, 3.63) is 63.1 Å². The van der Waals surface area contributed by atoms with Crippen LogP contribution in [-0.2, 0) is 18.5 Å². The van der Waals surface area contributed by atoms with E-state index in [0.717, 1.165) is 18.2 Å². The Hall–Kier alpha value is -3.22. The van der Waals surface area contributed by atoms with E-state index in [9.17, 15) is 13.6 Å². The molecule has 0 saturated carbocycles. The van der Waals surface area contributed by atoms with Gasteiger partial charge in [-0.3, -0.25) is 4.79 Å². The molecule has 8 nitrogen and oxygen atoms in total. The first-order valence-electron chi connectivity index (χ1n) is 12.0. The standard InChI is InChI=1S/C26H30BrF2N5O3Si/c1-31-23-19(27)11-16(25(22(23)30)37-21-7-6-15(28)10-20(21)29)18-13-33(2)26(35)24-17(18)12-32-34(24)14-36-8-9-38(3,4)5/h6-7,10-13,31H,8-9,14,30H2,1-5H3. The number of aryl methyl sites for hydroxylation is 1. The van der Waals surface area contributed by atoms with Gasteiger partial charge >= 0.3 is 0 Å². The second-order valence-electron chi connectivity index (χ2n) is 10.2. The minimum absolute atomic E-state index is 0.126. The highest BCUT2D eigenvalue weighted by molar-refractivity contribution is 9.10. The first-order chi connectivity index (χ1) is 17.9. The number of hydrogen-bond acceptors (Lipinski definition) is 6. The molecule has 0 unspecified atom stereocenters. The largest absolute Gasteiger partial charge is 0.451 e. The van der Waals surface area contributed by atoms with Crippen molar-refractivity contribution in [2.45, 2.75) is 32.4 Å². The van der Waals surface area contributed by atoms with Gasteiger partial charge in [-0.15, -0.1) is 0 Å². The number of benzene rings is 2. The molecule has 0 amide bonds. The van der Waals surface area contributed by atoms with Crippen LogP contribution in [0.2, 0.25) is 25.7 Å². The number of nitrogens with two attached hydrogens (primary N) is 1. The maximum Gasteiger partial charge on any atom is 0.276 e. The van der Waals surface area contributed by atoms with E-state index in [0.29, 0.717) is 38.8 Å². The highest BCUT2D eigenvalue weighted by Crippen LogP contribution is 2.47. The van der Waals surface area contributed by atoms with Gasteiger partial charge in [0.25, 0.3) is 5.56 Å². The topological polar surface area (TPSA) is 96.3 Å². The number of halogens is 3. The van der Waals surface area contributed by atoms with Gasteiger partial charge in [0.05, 0.1) is 11.9 Å². The van der Waals surface area contributed by atoms with Gasteiger partial charge in [-0.05, 0) is 40.2 Å². The molecule has 2 aromatic heterocycles. The number of rotatable bonds is 9. The quantitative estimate of drug-likeness (QED) is 0.134. The van der Waals surface area contributed by atoms with Crippen LogP contribution >= 0.6 is 15.9 Å². The Balaban J connectivity index is 1.86. The van der Waals surface area contributed by atoms with E-state index in [1.165, 1.54) is 15.3 Å². The molecule has 0 aliphatic carbocycles. The molecule has 0 atom stereocenters. The Bertz CT molecular complexity index is 1570. The molecule has 2 aromatic carbocycles. The van der Waals surface area contributed by atoms with E-state index in [-0.39, 0.29) is 29.5 Å². The molecule has 4 rings (SSSR count). The number of ether oxygens (including phenoxy) is 2. The molecule has 4 aromatic rings. The average Bonchev–Trinajstić information content (AvgIpc) is 3.26. The molecule has 202 valence electrons. The summed E-state index contributed by atoms with van der Waals surface area (Å²) in [7, 11) is 2.05. The summed E-state index contributed by atoms with van der Waals surface area (Å²) in [6.45, 7) is 7.50. The summed E-state index contributed by atoms with van der Waals surface area (Å²) in [4.78, 5) is 13.2. The van der Waals surface area contributed by atoms with Gasteiger partial charge < -0.3 is 25.1 Å². The van der Waals surface area contributed by atoms with Crippen molar-refractivity contribution in [2.24, 2.45) is 7.05 Å². The van der Waals surface area contributed by atoms with Gasteiger partial charge in [0.2, 0.25) is 0 Å². The van der Waals surface area contributed by atoms with Crippen molar-refractivity contribution in [1.82, 2.24) is 14.3 Å².